The molecule has 0 radical (unpaired) electrons. The number of benzene rings is 2. The maximum absolute atomic E-state index is 13.1. The topological polar surface area (TPSA) is 100 Å². The molecule has 1 aliphatic rings. The third-order valence-corrected chi connectivity index (χ3v) is 8.20. The minimum absolute atomic E-state index is 0.233. The van der Waals surface area contributed by atoms with Gasteiger partial charge >= 0.3 is 0 Å². The highest BCUT2D eigenvalue weighted by molar-refractivity contribution is 6.01. The van der Waals surface area contributed by atoms with Crippen LogP contribution in [-0.4, -0.2) is 108 Å². The van der Waals surface area contributed by atoms with Crippen LogP contribution in [0.1, 0.15) is 13.8 Å². The van der Waals surface area contributed by atoms with Crippen molar-refractivity contribution in [2.24, 2.45) is 7.05 Å². The summed E-state index contributed by atoms with van der Waals surface area (Å²) in [5.74, 6) is 1.22. The number of carbonyl (C=O) groups excluding carboxylic acids is 1. The molecule has 1 aliphatic heterocycles. The number of hydrogen-bond donors (Lipinski definition) is 2. The van der Waals surface area contributed by atoms with Crippen molar-refractivity contribution in [3.63, 3.8) is 0 Å². The number of nitrogens with zero attached hydrogens (tertiary/aromatic N) is 6. The van der Waals surface area contributed by atoms with Gasteiger partial charge in [-0.25, -0.2) is 9.97 Å². The zero-order valence-corrected chi connectivity index (χ0v) is 27.8. The number of ether oxygens (including phenoxy) is 2. The largest absolute Gasteiger partial charge is 0.494 e. The van der Waals surface area contributed by atoms with Crippen LogP contribution in [0, 0.1) is 0 Å². The number of rotatable bonds is 13. The van der Waals surface area contributed by atoms with Crippen molar-refractivity contribution in [2.45, 2.75) is 19.9 Å². The molecular weight excluding hydrogens is 580 g/mol. The van der Waals surface area contributed by atoms with E-state index >= 15 is 0 Å². The Morgan fingerprint density at radius 3 is 2.59 bits per heavy atom. The van der Waals surface area contributed by atoms with Gasteiger partial charge in [-0.1, -0.05) is 24.3 Å². The molecule has 46 heavy (non-hydrogen) atoms. The molecule has 0 saturated carbocycles. The molecule has 1 amide bonds. The van der Waals surface area contributed by atoms with Crippen molar-refractivity contribution < 1.29 is 14.3 Å². The van der Waals surface area contributed by atoms with E-state index in [1.165, 1.54) is 0 Å². The van der Waals surface area contributed by atoms with E-state index in [0.717, 1.165) is 54.9 Å². The first-order valence-corrected chi connectivity index (χ1v) is 15.8. The summed E-state index contributed by atoms with van der Waals surface area (Å²) in [4.78, 5) is 29.3. The molecule has 2 N–H and O–H groups in total. The average molecular weight is 627 g/mol. The second kappa shape index (κ2) is 15.2. The number of nitrogens with one attached hydrogen (secondary N) is 2. The summed E-state index contributed by atoms with van der Waals surface area (Å²) in [6.45, 7) is 10.4. The highest BCUT2D eigenvalue weighted by Crippen LogP contribution is 2.38. The Bertz CT molecular complexity index is 1660. The number of carbonyl (C=O) groups is 1. The molecule has 0 aliphatic carbocycles. The van der Waals surface area contributed by atoms with Gasteiger partial charge in [0.2, 0.25) is 11.9 Å². The van der Waals surface area contributed by atoms with Crippen LogP contribution in [0.5, 0.6) is 11.5 Å². The summed E-state index contributed by atoms with van der Waals surface area (Å²) in [6, 6.07) is 14.3. The minimum Gasteiger partial charge on any atom is -0.494 e. The van der Waals surface area contributed by atoms with Gasteiger partial charge in [0.15, 0.2) is 0 Å². The lowest BCUT2D eigenvalue weighted by atomic mass is 10.1. The van der Waals surface area contributed by atoms with Gasteiger partial charge in [0.25, 0.3) is 0 Å². The second-order valence-corrected chi connectivity index (χ2v) is 12.1. The van der Waals surface area contributed by atoms with Crippen molar-refractivity contribution >= 4 is 34.1 Å². The number of methoxy groups -OCH3 is 1. The maximum atomic E-state index is 13.1. The van der Waals surface area contributed by atoms with Crippen LogP contribution in [0.3, 0.4) is 0 Å². The molecule has 0 spiro atoms. The number of amides is 1. The highest BCUT2D eigenvalue weighted by atomic mass is 16.5. The van der Waals surface area contributed by atoms with Crippen LogP contribution >= 0.6 is 0 Å². The number of anilines is 3. The molecule has 0 unspecified atom stereocenters. The molecule has 5 rings (SSSR count). The van der Waals surface area contributed by atoms with Gasteiger partial charge in [0.1, 0.15) is 18.1 Å². The van der Waals surface area contributed by atoms with Crippen molar-refractivity contribution in [3.8, 4) is 22.8 Å². The number of likely N-dealkylation sites (N-methyl/N-ethyl adjacent to an activating group) is 1. The molecule has 4 aromatic rings. The summed E-state index contributed by atoms with van der Waals surface area (Å²) < 4.78 is 13.9. The molecule has 0 bridgehead atoms. The fourth-order valence-electron chi connectivity index (χ4n) is 5.56. The molecule has 3 heterocycles. The number of aryl methyl sites for hydroxylation is 1. The van der Waals surface area contributed by atoms with Gasteiger partial charge < -0.3 is 29.6 Å². The van der Waals surface area contributed by atoms with Crippen molar-refractivity contribution in [3.05, 3.63) is 67.0 Å². The van der Waals surface area contributed by atoms with E-state index in [-0.39, 0.29) is 5.91 Å². The lowest BCUT2D eigenvalue weighted by molar-refractivity contribution is -0.111. The predicted molar refractivity (Wildman–Crippen MR) is 185 cm³/mol. The molecule has 1 fully saturated rings. The second-order valence-electron chi connectivity index (χ2n) is 12.1. The summed E-state index contributed by atoms with van der Waals surface area (Å²) in [5, 5.41) is 7.43. The first-order chi connectivity index (χ1) is 22.2. The standard InChI is InChI=1S/C35H46N8O3/c1-25(2)43-18-16-42(17-19-43)15-9-12-34(44)37-30-22-29(32(45-6)23-33(30)46-21-20-40(3)4)39-35-36-14-13-28(38-35)27-24-41(5)31-11-8-7-10-26(27)31/h7-14,22-25H,15-21H2,1-6H3,(H,37,44)(H,36,38,39)/b12-9+. The summed E-state index contributed by atoms with van der Waals surface area (Å²) >= 11 is 0. The smallest absolute Gasteiger partial charge is 0.248 e. The summed E-state index contributed by atoms with van der Waals surface area (Å²) in [6.07, 6.45) is 7.31. The van der Waals surface area contributed by atoms with Crippen molar-refractivity contribution in [2.75, 3.05) is 77.7 Å². The van der Waals surface area contributed by atoms with E-state index in [1.807, 2.05) is 50.3 Å². The molecule has 244 valence electrons. The number of para-hydroxylation sites is 1. The fraction of sp³-hybridized carbons (Fsp3) is 0.400. The van der Waals surface area contributed by atoms with E-state index in [0.29, 0.717) is 48.0 Å². The van der Waals surface area contributed by atoms with Gasteiger partial charge in [-0.05, 0) is 46.1 Å². The molecule has 11 nitrogen and oxygen atoms in total. The number of aromatic nitrogens is 3. The van der Waals surface area contributed by atoms with Crippen LogP contribution in [-0.2, 0) is 11.8 Å². The monoisotopic (exact) mass is 626 g/mol. The Balaban J connectivity index is 1.35. The number of fused-ring (bicyclic) bond motifs is 1. The maximum Gasteiger partial charge on any atom is 0.248 e. The third kappa shape index (κ3) is 8.22. The van der Waals surface area contributed by atoms with Crippen LogP contribution in [0.25, 0.3) is 22.2 Å². The molecule has 2 aromatic carbocycles. The molecule has 2 aromatic heterocycles. The Labute approximate surface area is 271 Å². The lowest BCUT2D eigenvalue weighted by Gasteiger charge is -2.36. The molecule has 11 heteroatoms. The van der Waals surface area contributed by atoms with Gasteiger partial charge in [-0.15, -0.1) is 0 Å². The Hall–Kier alpha value is -4.45. The SMILES string of the molecule is COc1cc(OCCN(C)C)c(NC(=O)/C=C/CN2CCN(C(C)C)CC2)cc1Nc1nccc(-c2cn(C)c3ccccc23)n1. The van der Waals surface area contributed by atoms with E-state index in [4.69, 9.17) is 14.5 Å². The normalized spacial score (nSPS) is 14.4. The Morgan fingerprint density at radius 2 is 1.85 bits per heavy atom. The van der Waals surface area contributed by atoms with Crippen LogP contribution < -0.4 is 20.1 Å². The van der Waals surface area contributed by atoms with Gasteiger partial charge in [-0.3, -0.25) is 14.6 Å². The van der Waals surface area contributed by atoms with Gasteiger partial charge in [-0.2, -0.15) is 0 Å². The van der Waals surface area contributed by atoms with E-state index in [2.05, 4.69) is 62.2 Å². The number of hydrogen-bond acceptors (Lipinski definition) is 9. The lowest BCUT2D eigenvalue weighted by Crippen LogP contribution is -2.48. The van der Waals surface area contributed by atoms with Gasteiger partial charge in [0, 0.05) is 93.4 Å². The van der Waals surface area contributed by atoms with Crippen molar-refractivity contribution in [1.29, 1.82) is 0 Å². The van der Waals surface area contributed by atoms with Crippen LogP contribution in [0.2, 0.25) is 0 Å². The summed E-state index contributed by atoms with van der Waals surface area (Å²) in [7, 11) is 7.59. The highest BCUT2D eigenvalue weighted by Gasteiger charge is 2.19. The predicted octanol–water partition coefficient (Wildman–Crippen LogP) is 4.85. The minimum atomic E-state index is -0.233. The van der Waals surface area contributed by atoms with E-state index in [9.17, 15) is 4.79 Å². The van der Waals surface area contributed by atoms with Crippen molar-refractivity contribution in [1.82, 2.24) is 29.2 Å². The Morgan fingerprint density at radius 1 is 1.07 bits per heavy atom. The van der Waals surface area contributed by atoms with Crippen LogP contribution in [0.15, 0.2) is 67.0 Å². The fourth-order valence-corrected chi connectivity index (χ4v) is 5.56. The Kier molecular flexibility index (Phi) is 10.9. The van der Waals surface area contributed by atoms with Crippen LogP contribution in [0.4, 0.5) is 17.3 Å². The molecule has 0 atom stereocenters. The summed E-state index contributed by atoms with van der Waals surface area (Å²) in [5.41, 5.74) is 4.05. The zero-order chi connectivity index (χ0) is 32.6. The molecule has 1 saturated heterocycles. The first-order valence-electron chi connectivity index (χ1n) is 15.8. The average Bonchev–Trinajstić information content (AvgIpc) is 3.38. The third-order valence-electron chi connectivity index (χ3n) is 8.20. The first kappa shape index (κ1) is 32.9. The number of piperazine rings is 1. The zero-order valence-electron chi connectivity index (χ0n) is 27.8. The molecular formula is C35H46N8O3. The van der Waals surface area contributed by atoms with E-state index in [1.54, 1.807) is 31.5 Å². The quantitative estimate of drug-likeness (QED) is 0.202. The van der Waals surface area contributed by atoms with E-state index < -0.39 is 0 Å². The van der Waals surface area contributed by atoms with Gasteiger partial charge in [0.05, 0.1) is 24.2 Å².